The Balaban J connectivity index is 2.08. The Labute approximate surface area is 110 Å². The second-order valence-corrected chi connectivity index (χ2v) is 5.70. The molecule has 0 radical (unpaired) electrons. The lowest BCUT2D eigenvalue weighted by Gasteiger charge is -2.36. The van der Waals surface area contributed by atoms with Crippen molar-refractivity contribution in [2.75, 3.05) is 13.6 Å². The zero-order chi connectivity index (χ0) is 13.1. The predicted molar refractivity (Wildman–Crippen MR) is 74.4 cm³/mol. The highest BCUT2D eigenvalue weighted by atomic mass is 16.3. The van der Waals surface area contributed by atoms with Crippen LogP contribution in [-0.2, 0) is 0 Å². The number of likely N-dealkylation sites (N-methyl/N-ethyl adjacent to an activating group) is 1. The number of hydrogen-bond acceptors (Lipinski definition) is 3. The van der Waals surface area contributed by atoms with Crippen molar-refractivity contribution in [3.8, 4) is 0 Å². The van der Waals surface area contributed by atoms with E-state index >= 15 is 0 Å². The second-order valence-electron chi connectivity index (χ2n) is 5.70. The lowest BCUT2D eigenvalue weighted by atomic mass is 9.84. The molecule has 0 amide bonds. The standard InChI is InChI=1S/C15H26N2O/c1-4-13(16)15(14-9-8-11(2)18-14)17(3)10-12-6-5-7-12/h8-9,12-13,15H,4-7,10,16H2,1-3H3. The van der Waals surface area contributed by atoms with Crippen molar-refractivity contribution in [2.45, 2.75) is 51.6 Å². The van der Waals surface area contributed by atoms with Crippen LogP contribution in [0.4, 0.5) is 0 Å². The van der Waals surface area contributed by atoms with Crippen molar-refractivity contribution >= 4 is 0 Å². The minimum atomic E-state index is 0.139. The summed E-state index contributed by atoms with van der Waals surface area (Å²) in [5, 5.41) is 0. The number of furan rings is 1. The SMILES string of the molecule is CCC(N)C(c1ccc(C)o1)N(C)CC1CCC1. The second kappa shape index (κ2) is 5.89. The van der Waals surface area contributed by atoms with Crippen LogP contribution < -0.4 is 5.73 Å². The summed E-state index contributed by atoms with van der Waals surface area (Å²) < 4.78 is 5.80. The summed E-state index contributed by atoms with van der Waals surface area (Å²) in [7, 11) is 2.18. The highest BCUT2D eigenvalue weighted by molar-refractivity contribution is 5.12. The van der Waals surface area contributed by atoms with Crippen molar-refractivity contribution in [1.82, 2.24) is 4.90 Å². The smallest absolute Gasteiger partial charge is 0.122 e. The van der Waals surface area contributed by atoms with Gasteiger partial charge < -0.3 is 10.2 Å². The number of nitrogens with two attached hydrogens (primary N) is 1. The third kappa shape index (κ3) is 2.96. The van der Waals surface area contributed by atoms with E-state index in [1.165, 1.54) is 19.3 Å². The first-order chi connectivity index (χ1) is 8.61. The first-order valence-electron chi connectivity index (χ1n) is 7.14. The Kier molecular flexibility index (Phi) is 4.46. The Bertz CT molecular complexity index is 370. The van der Waals surface area contributed by atoms with E-state index in [0.717, 1.165) is 30.4 Å². The van der Waals surface area contributed by atoms with Crippen LogP contribution >= 0.6 is 0 Å². The van der Waals surface area contributed by atoms with Crippen LogP contribution in [0.3, 0.4) is 0 Å². The highest BCUT2D eigenvalue weighted by Crippen LogP contribution is 2.31. The van der Waals surface area contributed by atoms with Crippen molar-refractivity contribution in [3.63, 3.8) is 0 Å². The van der Waals surface area contributed by atoms with E-state index in [1.807, 2.05) is 13.0 Å². The molecule has 2 unspecified atom stereocenters. The monoisotopic (exact) mass is 250 g/mol. The van der Waals surface area contributed by atoms with Gasteiger partial charge in [-0.15, -0.1) is 0 Å². The summed E-state index contributed by atoms with van der Waals surface area (Å²) in [5.41, 5.74) is 6.29. The summed E-state index contributed by atoms with van der Waals surface area (Å²) in [6, 6.07) is 4.46. The number of hydrogen-bond donors (Lipinski definition) is 1. The number of nitrogens with zero attached hydrogens (tertiary/aromatic N) is 1. The molecule has 1 aromatic rings. The van der Waals surface area contributed by atoms with Gasteiger partial charge in [0.05, 0.1) is 6.04 Å². The van der Waals surface area contributed by atoms with Crippen molar-refractivity contribution in [2.24, 2.45) is 11.7 Å². The summed E-state index contributed by atoms with van der Waals surface area (Å²) in [5.74, 6) is 2.84. The predicted octanol–water partition coefficient (Wildman–Crippen LogP) is 3.10. The van der Waals surface area contributed by atoms with Crippen LogP contribution in [0.5, 0.6) is 0 Å². The topological polar surface area (TPSA) is 42.4 Å². The van der Waals surface area contributed by atoms with Crippen LogP contribution in [0.15, 0.2) is 16.5 Å². The van der Waals surface area contributed by atoms with Crippen LogP contribution in [0.25, 0.3) is 0 Å². The molecule has 0 spiro atoms. The highest BCUT2D eigenvalue weighted by Gasteiger charge is 2.29. The molecule has 1 saturated carbocycles. The van der Waals surface area contributed by atoms with Crippen molar-refractivity contribution < 1.29 is 4.42 Å². The first-order valence-corrected chi connectivity index (χ1v) is 7.14. The van der Waals surface area contributed by atoms with Gasteiger partial charge in [0.25, 0.3) is 0 Å². The van der Waals surface area contributed by atoms with E-state index in [-0.39, 0.29) is 12.1 Å². The maximum atomic E-state index is 6.29. The molecule has 1 aliphatic rings. The Morgan fingerprint density at radius 2 is 2.17 bits per heavy atom. The first kappa shape index (κ1) is 13.6. The largest absolute Gasteiger partial charge is 0.465 e. The molecule has 3 nitrogen and oxygen atoms in total. The van der Waals surface area contributed by atoms with Gasteiger partial charge in [0.15, 0.2) is 0 Å². The van der Waals surface area contributed by atoms with Gasteiger partial charge in [0, 0.05) is 12.6 Å². The summed E-state index contributed by atoms with van der Waals surface area (Å²) in [6.07, 6.45) is 5.10. The molecule has 2 atom stereocenters. The van der Waals surface area contributed by atoms with Crippen LogP contribution in [0, 0.1) is 12.8 Å². The van der Waals surface area contributed by atoms with Crippen LogP contribution in [0.2, 0.25) is 0 Å². The molecule has 1 heterocycles. The molecule has 0 bridgehead atoms. The molecule has 102 valence electrons. The van der Waals surface area contributed by atoms with Gasteiger partial charge in [0.2, 0.25) is 0 Å². The van der Waals surface area contributed by atoms with Crippen LogP contribution in [-0.4, -0.2) is 24.5 Å². The van der Waals surface area contributed by atoms with Gasteiger partial charge in [0.1, 0.15) is 11.5 Å². The molecule has 3 heteroatoms. The molecule has 1 aromatic heterocycles. The average molecular weight is 250 g/mol. The summed E-state index contributed by atoms with van der Waals surface area (Å²) in [6.45, 7) is 5.27. The lowest BCUT2D eigenvalue weighted by Crippen LogP contribution is -2.41. The number of aryl methyl sites for hydroxylation is 1. The molecule has 0 saturated heterocycles. The number of rotatable bonds is 6. The zero-order valence-corrected chi connectivity index (χ0v) is 11.9. The maximum Gasteiger partial charge on any atom is 0.122 e. The minimum Gasteiger partial charge on any atom is -0.465 e. The third-order valence-electron chi connectivity index (χ3n) is 4.18. The molecule has 0 aromatic carbocycles. The summed E-state index contributed by atoms with van der Waals surface area (Å²) in [4.78, 5) is 2.39. The van der Waals surface area contributed by atoms with E-state index in [1.54, 1.807) is 0 Å². The van der Waals surface area contributed by atoms with E-state index < -0.39 is 0 Å². The van der Waals surface area contributed by atoms with E-state index in [2.05, 4.69) is 24.9 Å². The molecule has 2 rings (SSSR count). The van der Waals surface area contributed by atoms with Gasteiger partial charge in [-0.1, -0.05) is 13.3 Å². The molecule has 18 heavy (non-hydrogen) atoms. The van der Waals surface area contributed by atoms with Crippen molar-refractivity contribution in [1.29, 1.82) is 0 Å². The average Bonchev–Trinajstić information content (AvgIpc) is 2.70. The van der Waals surface area contributed by atoms with Gasteiger partial charge in [-0.25, -0.2) is 0 Å². The van der Waals surface area contributed by atoms with E-state index in [4.69, 9.17) is 10.2 Å². The molecule has 0 aliphatic heterocycles. The Morgan fingerprint density at radius 3 is 2.61 bits per heavy atom. The minimum absolute atomic E-state index is 0.139. The molecular formula is C15H26N2O. The van der Waals surface area contributed by atoms with E-state index in [9.17, 15) is 0 Å². The zero-order valence-electron chi connectivity index (χ0n) is 11.9. The maximum absolute atomic E-state index is 6.29. The van der Waals surface area contributed by atoms with Crippen LogP contribution in [0.1, 0.15) is 50.2 Å². The quantitative estimate of drug-likeness (QED) is 0.843. The third-order valence-corrected chi connectivity index (χ3v) is 4.18. The van der Waals surface area contributed by atoms with Gasteiger partial charge in [-0.2, -0.15) is 0 Å². The fourth-order valence-corrected chi connectivity index (χ4v) is 2.79. The Hall–Kier alpha value is -0.800. The molecule has 1 aliphatic carbocycles. The molecule has 1 fully saturated rings. The van der Waals surface area contributed by atoms with Crippen molar-refractivity contribution in [3.05, 3.63) is 23.7 Å². The lowest BCUT2D eigenvalue weighted by molar-refractivity contribution is 0.129. The van der Waals surface area contributed by atoms with E-state index in [0.29, 0.717) is 0 Å². The normalized spacial score (nSPS) is 19.8. The summed E-state index contributed by atoms with van der Waals surface area (Å²) >= 11 is 0. The molecular weight excluding hydrogens is 224 g/mol. The van der Waals surface area contributed by atoms with Gasteiger partial charge in [-0.3, -0.25) is 4.90 Å². The fourth-order valence-electron chi connectivity index (χ4n) is 2.79. The Morgan fingerprint density at radius 1 is 1.44 bits per heavy atom. The van der Waals surface area contributed by atoms with Gasteiger partial charge in [-0.05, 0) is 51.3 Å². The fraction of sp³-hybridized carbons (Fsp3) is 0.733. The van der Waals surface area contributed by atoms with Gasteiger partial charge >= 0.3 is 0 Å². The molecule has 2 N–H and O–H groups in total.